The topological polar surface area (TPSA) is 37.5 Å². The van der Waals surface area contributed by atoms with Crippen LogP contribution in [0.4, 0.5) is 0 Å². The van der Waals surface area contributed by atoms with Crippen LogP contribution in [0, 0.1) is 0 Å². The number of aromatic nitrogens is 2. The van der Waals surface area contributed by atoms with Crippen molar-refractivity contribution in [3.8, 4) is 5.75 Å². The van der Waals surface area contributed by atoms with E-state index in [-0.39, 0.29) is 5.75 Å². The van der Waals surface area contributed by atoms with Crippen molar-refractivity contribution in [2.24, 2.45) is 0 Å². The first kappa shape index (κ1) is 7.38. The van der Waals surface area contributed by atoms with Crippen LogP contribution in [0.5, 0.6) is 5.75 Å². The number of rotatable bonds is 0. The maximum absolute atomic E-state index is 9.70. The maximum atomic E-state index is 9.70. The molecule has 0 unspecified atom stereocenters. The molecule has 14 heavy (non-hydrogen) atoms. The summed E-state index contributed by atoms with van der Waals surface area (Å²) in [4.78, 5) is 4.38. The molecule has 0 aliphatic heterocycles. The first-order valence-corrected chi connectivity index (χ1v) is 4.41. The number of pyridine rings is 1. The Balaban J connectivity index is 2.65. The van der Waals surface area contributed by atoms with Crippen LogP contribution in [-0.2, 0) is 0 Å². The van der Waals surface area contributed by atoms with E-state index in [0.29, 0.717) is 0 Å². The zero-order valence-electron chi connectivity index (χ0n) is 7.38. The number of fused-ring (bicyclic) bond motifs is 3. The third kappa shape index (κ3) is 0.836. The van der Waals surface area contributed by atoms with Crippen molar-refractivity contribution in [3.63, 3.8) is 0 Å². The summed E-state index contributed by atoms with van der Waals surface area (Å²) < 4.78 is 1.88. The van der Waals surface area contributed by atoms with Gasteiger partial charge in [0, 0.05) is 6.20 Å². The van der Waals surface area contributed by atoms with Crippen molar-refractivity contribution in [2.75, 3.05) is 0 Å². The van der Waals surface area contributed by atoms with Crippen LogP contribution in [0.15, 0.2) is 42.6 Å². The van der Waals surface area contributed by atoms with E-state index in [1.54, 1.807) is 12.1 Å². The molecule has 3 heteroatoms. The Bertz CT molecular complexity index is 613. The van der Waals surface area contributed by atoms with Crippen molar-refractivity contribution in [2.45, 2.75) is 0 Å². The summed E-state index contributed by atoms with van der Waals surface area (Å²) in [6.45, 7) is 0. The van der Waals surface area contributed by atoms with Gasteiger partial charge in [0.25, 0.3) is 0 Å². The summed E-state index contributed by atoms with van der Waals surface area (Å²) in [5, 5.41) is 9.70. The second-order valence-electron chi connectivity index (χ2n) is 3.19. The monoisotopic (exact) mass is 184 g/mol. The average Bonchev–Trinajstić information content (AvgIpc) is 2.57. The van der Waals surface area contributed by atoms with Crippen LogP contribution >= 0.6 is 0 Å². The summed E-state index contributed by atoms with van der Waals surface area (Å²) in [6, 6.07) is 11.1. The molecule has 3 nitrogen and oxygen atoms in total. The lowest BCUT2D eigenvalue weighted by Crippen LogP contribution is -1.81. The average molecular weight is 184 g/mol. The van der Waals surface area contributed by atoms with E-state index in [2.05, 4.69) is 4.98 Å². The number of hydrogen-bond acceptors (Lipinski definition) is 2. The predicted octanol–water partition coefficient (Wildman–Crippen LogP) is 2.19. The first-order valence-electron chi connectivity index (χ1n) is 4.41. The summed E-state index contributed by atoms with van der Waals surface area (Å²) in [5.41, 5.74) is 2.43. The highest BCUT2D eigenvalue weighted by Crippen LogP contribution is 2.24. The molecule has 0 saturated heterocycles. The molecule has 0 amide bonds. The molecular weight excluding hydrogens is 176 g/mol. The molecule has 68 valence electrons. The zero-order valence-corrected chi connectivity index (χ0v) is 7.38. The van der Waals surface area contributed by atoms with Crippen molar-refractivity contribution < 1.29 is 5.11 Å². The summed E-state index contributed by atoms with van der Waals surface area (Å²) >= 11 is 0. The largest absolute Gasteiger partial charge is 0.506 e. The van der Waals surface area contributed by atoms with Gasteiger partial charge in [-0.15, -0.1) is 0 Å². The van der Waals surface area contributed by atoms with Crippen molar-refractivity contribution in [3.05, 3.63) is 42.6 Å². The molecule has 2 heterocycles. The molecule has 0 spiro atoms. The summed E-state index contributed by atoms with van der Waals surface area (Å²) in [7, 11) is 0. The number of phenols is 1. The minimum Gasteiger partial charge on any atom is -0.506 e. The SMILES string of the molecule is Oc1cccc2nc3ccccn3c12. The van der Waals surface area contributed by atoms with Gasteiger partial charge in [-0.3, -0.25) is 4.40 Å². The summed E-state index contributed by atoms with van der Waals surface area (Å²) in [6.07, 6.45) is 1.89. The quantitative estimate of drug-likeness (QED) is 0.581. The Morgan fingerprint density at radius 1 is 1.07 bits per heavy atom. The smallest absolute Gasteiger partial charge is 0.141 e. The highest BCUT2D eigenvalue weighted by Gasteiger charge is 2.06. The third-order valence-corrected chi connectivity index (χ3v) is 2.31. The van der Waals surface area contributed by atoms with Crippen LogP contribution in [0.25, 0.3) is 16.7 Å². The van der Waals surface area contributed by atoms with Crippen LogP contribution in [0.3, 0.4) is 0 Å². The number of imidazole rings is 1. The summed E-state index contributed by atoms with van der Waals surface area (Å²) in [5.74, 6) is 0.265. The molecule has 0 aliphatic rings. The van der Waals surface area contributed by atoms with Gasteiger partial charge in [-0.2, -0.15) is 0 Å². The van der Waals surface area contributed by atoms with E-state index in [0.717, 1.165) is 16.7 Å². The molecule has 3 rings (SSSR count). The molecule has 0 bridgehead atoms. The fraction of sp³-hybridized carbons (Fsp3) is 0. The Labute approximate surface area is 80.2 Å². The number of hydrogen-bond donors (Lipinski definition) is 1. The van der Waals surface area contributed by atoms with E-state index < -0.39 is 0 Å². The Morgan fingerprint density at radius 2 is 2.00 bits per heavy atom. The number of nitrogens with zero attached hydrogens (tertiary/aromatic N) is 2. The standard InChI is InChI=1S/C11H8N2O/c14-9-5-3-4-8-11(9)13-7-2-1-6-10(13)12-8/h1-7,14H. The lowest BCUT2D eigenvalue weighted by Gasteiger charge is -1.96. The molecular formula is C11H8N2O. The van der Waals surface area contributed by atoms with Gasteiger partial charge in [0.1, 0.15) is 16.9 Å². The number of phenolic OH excluding ortho intramolecular Hbond substituents is 1. The van der Waals surface area contributed by atoms with Crippen LogP contribution in [0.2, 0.25) is 0 Å². The number of benzene rings is 1. The number of para-hydroxylation sites is 1. The molecule has 3 aromatic rings. The zero-order chi connectivity index (χ0) is 9.54. The molecule has 0 saturated carbocycles. The van der Waals surface area contributed by atoms with Crippen LogP contribution in [-0.4, -0.2) is 14.5 Å². The lowest BCUT2D eigenvalue weighted by atomic mass is 10.3. The van der Waals surface area contributed by atoms with E-state index in [1.807, 2.05) is 34.9 Å². The van der Waals surface area contributed by atoms with Crippen molar-refractivity contribution in [1.82, 2.24) is 9.38 Å². The van der Waals surface area contributed by atoms with E-state index >= 15 is 0 Å². The van der Waals surface area contributed by atoms with E-state index in [9.17, 15) is 5.11 Å². The van der Waals surface area contributed by atoms with Gasteiger partial charge in [-0.05, 0) is 24.3 Å². The predicted molar refractivity (Wildman–Crippen MR) is 54.4 cm³/mol. The Morgan fingerprint density at radius 3 is 2.93 bits per heavy atom. The van der Waals surface area contributed by atoms with Crippen LogP contribution < -0.4 is 0 Å². The second-order valence-corrected chi connectivity index (χ2v) is 3.19. The minimum absolute atomic E-state index is 0.265. The second kappa shape index (κ2) is 2.48. The Hall–Kier alpha value is -2.03. The van der Waals surface area contributed by atoms with Gasteiger partial charge in [-0.1, -0.05) is 12.1 Å². The van der Waals surface area contributed by atoms with Gasteiger partial charge in [0.05, 0.1) is 5.52 Å². The third-order valence-electron chi connectivity index (χ3n) is 2.31. The highest BCUT2D eigenvalue weighted by atomic mass is 16.3. The first-order chi connectivity index (χ1) is 6.86. The fourth-order valence-corrected chi connectivity index (χ4v) is 1.69. The molecule has 0 aliphatic carbocycles. The number of aromatic hydroxyl groups is 1. The molecule has 0 atom stereocenters. The molecule has 0 radical (unpaired) electrons. The van der Waals surface area contributed by atoms with Gasteiger partial charge >= 0.3 is 0 Å². The molecule has 2 aromatic heterocycles. The Kier molecular flexibility index (Phi) is 1.31. The van der Waals surface area contributed by atoms with E-state index in [1.165, 1.54) is 0 Å². The van der Waals surface area contributed by atoms with Gasteiger partial charge in [0.15, 0.2) is 0 Å². The van der Waals surface area contributed by atoms with E-state index in [4.69, 9.17) is 0 Å². The van der Waals surface area contributed by atoms with Gasteiger partial charge in [0.2, 0.25) is 0 Å². The highest BCUT2D eigenvalue weighted by molar-refractivity contribution is 5.85. The minimum atomic E-state index is 0.265. The molecule has 1 N–H and O–H groups in total. The van der Waals surface area contributed by atoms with Crippen molar-refractivity contribution in [1.29, 1.82) is 0 Å². The molecule has 1 aromatic carbocycles. The molecule has 0 fully saturated rings. The lowest BCUT2D eigenvalue weighted by molar-refractivity contribution is 0.480. The maximum Gasteiger partial charge on any atom is 0.141 e. The van der Waals surface area contributed by atoms with Gasteiger partial charge in [-0.25, -0.2) is 4.98 Å². The van der Waals surface area contributed by atoms with Crippen molar-refractivity contribution >= 4 is 16.7 Å². The fourth-order valence-electron chi connectivity index (χ4n) is 1.69. The normalized spacial score (nSPS) is 11.1. The van der Waals surface area contributed by atoms with Gasteiger partial charge < -0.3 is 5.11 Å². The van der Waals surface area contributed by atoms with Crippen LogP contribution in [0.1, 0.15) is 0 Å².